The molecule has 0 radical (unpaired) electrons. The minimum Gasteiger partial charge on any atom is -0.481 e. The number of nitrogens with one attached hydrogen (secondary N) is 2. The van der Waals surface area contributed by atoms with Crippen LogP contribution in [-0.4, -0.2) is 28.6 Å². The number of hydrogen-bond donors (Lipinski definition) is 3. The largest absolute Gasteiger partial charge is 0.481 e. The molecule has 0 saturated carbocycles. The first kappa shape index (κ1) is 15.4. The van der Waals surface area contributed by atoms with E-state index in [0.29, 0.717) is 6.54 Å². The van der Waals surface area contributed by atoms with Gasteiger partial charge in [0.2, 0.25) is 0 Å². The summed E-state index contributed by atoms with van der Waals surface area (Å²) in [5.41, 5.74) is 0.934. The Kier molecular flexibility index (Phi) is 5.75. The molecule has 0 aliphatic heterocycles. The van der Waals surface area contributed by atoms with E-state index in [4.69, 9.17) is 5.11 Å². The van der Waals surface area contributed by atoms with Crippen LogP contribution in [-0.2, 0) is 4.79 Å². The molecule has 0 aliphatic rings. The lowest BCUT2D eigenvalue weighted by molar-refractivity contribution is -0.137. The molecule has 106 valence electrons. The van der Waals surface area contributed by atoms with Crippen molar-refractivity contribution in [2.45, 2.75) is 33.2 Å². The normalized spacial score (nSPS) is 13.6. The number of nitrogens with zero attached hydrogens (tertiary/aromatic N) is 1. The number of carbonyl (C=O) groups is 2. The van der Waals surface area contributed by atoms with Crippen molar-refractivity contribution in [3.05, 3.63) is 16.1 Å². The topological polar surface area (TPSA) is 91.3 Å². The van der Waals surface area contributed by atoms with Crippen LogP contribution in [0.15, 0.2) is 5.38 Å². The monoisotopic (exact) mass is 285 g/mol. The highest BCUT2D eigenvalue weighted by atomic mass is 32.1. The SMILES string of the molecule is Cc1csc(C(C)NC(=O)NCC(C)CC(=O)O)n1. The second-order valence-electron chi connectivity index (χ2n) is 4.61. The number of rotatable bonds is 6. The minimum atomic E-state index is -0.860. The average molecular weight is 285 g/mol. The molecule has 1 aromatic heterocycles. The Hall–Kier alpha value is -1.63. The second kappa shape index (κ2) is 7.08. The van der Waals surface area contributed by atoms with Crippen LogP contribution >= 0.6 is 11.3 Å². The lowest BCUT2D eigenvalue weighted by atomic mass is 10.1. The van der Waals surface area contributed by atoms with Crippen LogP contribution in [0.5, 0.6) is 0 Å². The third-order valence-electron chi connectivity index (χ3n) is 2.49. The highest BCUT2D eigenvalue weighted by molar-refractivity contribution is 7.09. The van der Waals surface area contributed by atoms with Crippen molar-refractivity contribution >= 4 is 23.3 Å². The first-order chi connectivity index (χ1) is 8.88. The van der Waals surface area contributed by atoms with Crippen molar-refractivity contribution < 1.29 is 14.7 Å². The average Bonchev–Trinajstić information content (AvgIpc) is 2.72. The van der Waals surface area contributed by atoms with Crippen LogP contribution in [0, 0.1) is 12.8 Å². The summed E-state index contributed by atoms with van der Waals surface area (Å²) in [5.74, 6) is -0.956. The quantitative estimate of drug-likeness (QED) is 0.744. The predicted molar refractivity (Wildman–Crippen MR) is 73.2 cm³/mol. The molecule has 7 heteroatoms. The van der Waals surface area contributed by atoms with E-state index >= 15 is 0 Å². The fourth-order valence-electron chi connectivity index (χ4n) is 1.52. The van der Waals surface area contributed by atoms with Gasteiger partial charge in [0.1, 0.15) is 5.01 Å². The van der Waals surface area contributed by atoms with E-state index in [0.717, 1.165) is 10.7 Å². The van der Waals surface area contributed by atoms with E-state index in [2.05, 4.69) is 15.6 Å². The van der Waals surface area contributed by atoms with Gasteiger partial charge in [-0.1, -0.05) is 6.92 Å². The summed E-state index contributed by atoms with van der Waals surface area (Å²) in [5, 5.41) is 16.8. The molecule has 0 bridgehead atoms. The number of aliphatic carboxylic acids is 1. The van der Waals surface area contributed by atoms with Crippen molar-refractivity contribution in [2.75, 3.05) is 6.54 Å². The van der Waals surface area contributed by atoms with E-state index < -0.39 is 5.97 Å². The summed E-state index contributed by atoms with van der Waals surface area (Å²) in [6, 6.07) is -0.467. The van der Waals surface area contributed by atoms with Gasteiger partial charge in [-0.2, -0.15) is 0 Å². The van der Waals surface area contributed by atoms with E-state index in [9.17, 15) is 9.59 Å². The third kappa shape index (κ3) is 5.69. The summed E-state index contributed by atoms with van der Waals surface area (Å²) in [6.45, 7) is 5.88. The molecular weight excluding hydrogens is 266 g/mol. The minimum absolute atomic E-state index is 0.0432. The molecule has 0 saturated heterocycles. The smallest absolute Gasteiger partial charge is 0.315 e. The van der Waals surface area contributed by atoms with Crippen LogP contribution in [0.1, 0.15) is 37.0 Å². The molecule has 0 aliphatic carbocycles. The van der Waals surface area contributed by atoms with E-state index in [1.54, 1.807) is 6.92 Å². The molecule has 1 heterocycles. The van der Waals surface area contributed by atoms with Crippen LogP contribution in [0.2, 0.25) is 0 Å². The Balaban J connectivity index is 2.33. The van der Waals surface area contributed by atoms with Crippen molar-refractivity contribution in [1.82, 2.24) is 15.6 Å². The van der Waals surface area contributed by atoms with Gasteiger partial charge in [-0.05, 0) is 19.8 Å². The van der Waals surface area contributed by atoms with Crippen molar-refractivity contribution in [3.63, 3.8) is 0 Å². The third-order valence-corrected chi connectivity index (χ3v) is 3.63. The number of thiazole rings is 1. The molecular formula is C12H19N3O3S. The molecule has 0 aromatic carbocycles. The summed E-state index contributed by atoms with van der Waals surface area (Å²) < 4.78 is 0. The molecule has 0 fully saturated rings. The molecule has 2 unspecified atom stereocenters. The van der Waals surface area contributed by atoms with Crippen molar-refractivity contribution in [2.24, 2.45) is 5.92 Å². The van der Waals surface area contributed by atoms with E-state index in [1.807, 2.05) is 19.2 Å². The zero-order chi connectivity index (χ0) is 14.4. The standard InChI is InChI=1S/C12H19N3O3S/c1-7(4-10(16)17)5-13-12(18)15-9(3)11-14-8(2)6-19-11/h6-7,9H,4-5H2,1-3H3,(H,16,17)(H2,13,15,18). The fourth-order valence-corrected chi connectivity index (χ4v) is 2.32. The van der Waals surface area contributed by atoms with Gasteiger partial charge < -0.3 is 15.7 Å². The Labute approximate surface area is 116 Å². The Morgan fingerprint density at radius 3 is 2.68 bits per heavy atom. The number of urea groups is 1. The molecule has 0 spiro atoms. The number of amides is 2. The van der Waals surface area contributed by atoms with Crippen LogP contribution in [0.3, 0.4) is 0 Å². The van der Waals surface area contributed by atoms with E-state index in [-0.39, 0.29) is 24.4 Å². The molecule has 2 amide bonds. The molecule has 1 aromatic rings. The zero-order valence-corrected chi connectivity index (χ0v) is 12.1. The number of carboxylic acids is 1. The molecule has 1 rings (SSSR count). The van der Waals surface area contributed by atoms with Gasteiger partial charge in [-0.3, -0.25) is 4.79 Å². The first-order valence-electron chi connectivity index (χ1n) is 6.06. The molecule has 3 N–H and O–H groups in total. The maximum Gasteiger partial charge on any atom is 0.315 e. The van der Waals surface area contributed by atoms with Gasteiger partial charge in [-0.15, -0.1) is 11.3 Å². The fraction of sp³-hybridized carbons (Fsp3) is 0.583. The number of aryl methyl sites for hydroxylation is 1. The Morgan fingerprint density at radius 1 is 1.47 bits per heavy atom. The van der Waals surface area contributed by atoms with Gasteiger partial charge in [0.05, 0.1) is 6.04 Å². The molecule has 19 heavy (non-hydrogen) atoms. The van der Waals surface area contributed by atoms with Gasteiger partial charge >= 0.3 is 12.0 Å². The lowest BCUT2D eigenvalue weighted by Gasteiger charge is -2.14. The predicted octanol–water partition coefficient (Wildman–Crippen LogP) is 1.92. The highest BCUT2D eigenvalue weighted by Crippen LogP contribution is 2.17. The summed E-state index contributed by atoms with van der Waals surface area (Å²) in [4.78, 5) is 26.4. The maximum atomic E-state index is 11.6. The van der Waals surface area contributed by atoms with E-state index in [1.165, 1.54) is 11.3 Å². The Bertz CT molecular complexity index is 447. The van der Waals surface area contributed by atoms with Crippen molar-refractivity contribution in [1.29, 1.82) is 0 Å². The number of carbonyl (C=O) groups excluding carboxylic acids is 1. The summed E-state index contributed by atoms with van der Waals surface area (Å²) in [7, 11) is 0. The number of carboxylic acid groups (broad SMARTS) is 1. The lowest BCUT2D eigenvalue weighted by Crippen LogP contribution is -2.39. The summed E-state index contributed by atoms with van der Waals surface area (Å²) in [6.07, 6.45) is 0.0432. The zero-order valence-electron chi connectivity index (χ0n) is 11.3. The van der Waals surface area contributed by atoms with Gasteiger partial charge in [0.25, 0.3) is 0 Å². The van der Waals surface area contributed by atoms with Gasteiger partial charge in [-0.25, -0.2) is 9.78 Å². The highest BCUT2D eigenvalue weighted by Gasteiger charge is 2.13. The number of hydrogen-bond acceptors (Lipinski definition) is 4. The van der Waals surface area contributed by atoms with Gasteiger partial charge in [0, 0.05) is 24.0 Å². The molecule has 2 atom stereocenters. The summed E-state index contributed by atoms with van der Waals surface area (Å²) >= 11 is 1.50. The maximum absolute atomic E-state index is 11.6. The van der Waals surface area contributed by atoms with Crippen LogP contribution in [0.25, 0.3) is 0 Å². The van der Waals surface area contributed by atoms with Crippen molar-refractivity contribution in [3.8, 4) is 0 Å². The van der Waals surface area contributed by atoms with Gasteiger partial charge in [0.15, 0.2) is 0 Å². The molecule has 6 nitrogen and oxygen atoms in total. The number of aromatic nitrogens is 1. The van der Waals surface area contributed by atoms with Crippen LogP contribution in [0.4, 0.5) is 4.79 Å². The first-order valence-corrected chi connectivity index (χ1v) is 6.94. The second-order valence-corrected chi connectivity index (χ2v) is 5.50. The van der Waals surface area contributed by atoms with Crippen LogP contribution < -0.4 is 10.6 Å². The Morgan fingerprint density at radius 2 is 2.16 bits per heavy atom.